The highest BCUT2D eigenvalue weighted by atomic mass is 16.4. The van der Waals surface area contributed by atoms with Gasteiger partial charge in [-0.2, -0.15) is 0 Å². The average molecular weight is 314 g/mol. The van der Waals surface area contributed by atoms with Crippen LogP contribution in [-0.2, 0) is 16.0 Å². The van der Waals surface area contributed by atoms with Crippen molar-refractivity contribution in [3.05, 3.63) is 35.5 Å². The van der Waals surface area contributed by atoms with E-state index in [-0.39, 0.29) is 5.91 Å². The Labute approximate surface area is 135 Å². The topological polar surface area (TPSA) is 82.2 Å². The van der Waals surface area contributed by atoms with E-state index in [0.29, 0.717) is 6.54 Å². The molecule has 1 aromatic heterocycles. The molecule has 0 aliphatic heterocycles. The molecule has 2 aromatic rings. The minimum atomic E-state index is -0.887. The van der Waals surface area contributed by atoms with Gasteiger partial charge in [0.1, 0.15) is 0 Å². The van der Waals surface area contributed by atoms with Crippen molar-refractivity contribution in [3.63, 3.8) is 0 Å². The van der Waals surface area contributed by atoms with Gasteiger partial charge in [0, 0.05) is 23.6 Å². The number of carbonyl (C=O) groups excluding carboxylic acids is 1. The van der Waals surface area contributed by atoms with E-state index in [1.165, 1.54) is 16.5 Å². The van der Waals surface area contributed by atoms with Crippen LogP contribution in [0, 0.1) is 24.2 Å². The number of nitrogens with one attached hydrogen (secondary N) is 2. The molecular formula is C18H22N2O3. The maximum Gasteiger partial charge on any atom is 0.307 e. The number of aromatic nitrogens is 1. The highest BCUT2D eigenvalue weighted by Gasteiger charge is 2.65. The Bertz CT molecular complexity index is 776. The molecule has 1 saturated carbocycles. The molecule has 1 aliphatic rings. The lowest BCUT2D eigenvalue weighted by atomic mass is 10.1. The fourth-order valence-electron chi connectivity index (χ4n) is 3.67. The molecule has 0 spiro atoms. The number of aliphatic carboxylic acids is 1. The monoisotopic (exact) mass is 314 g/mol. The predicted molar refractivity (Wildman–Crippen MR) is 88.1 cm³/mol. The normalized spacial score (nSPS) is 22.0. The summed E-state index contributed by atoms with van der Waals surface area (Å²) in [5, 5.41) is 13.2. The number of H-pyrrole nitrogens is 1. The number of benzene rings is 1. The summed E-state index contributed by atoms with van der Waals surface area (Å²) in [4.78, 5) is 26.6. The lowest BCUT2D eigenvalue weighted by Crippen LogP contribution is -2.29. The van der Waals surface area contributed by atoms with Crippen LogP contribution < -0.4 is 5.32 Å². The molecule has 122 valence electrons. The highest BCUT2D eigenvalue weighted by molar-refractivity contribution is 5.91. The quantitative estimate of drug-likeness (QED) is 0.793. The molecule has 3 rings (SSSR count). The fourth-order valence-corrected chi connectivity index (χ4v) is 3.67. The molecular weight excluding hydrogens is 292 g/mol. The molecule has 2 atom stereocenters. The molecule has 0 radical (unpaired) electrons. The lowest BCUT2D eigenvalue weighted by molar-refractivity contribution is -0.140. The molecule has 0 saturated heterocycles. The lowest BCUT2D eigenvalue weighted by Gasteiger charge is -2.06. The van der Waals surface area contributed by atoms with Crippen LogP contribution >= 0.6 is 0 Å². The van der Waals surface area contributed by atoms with Crippen molar-refractivity contribution in [1.29, 1.82) is 0 Å². The summed E-state index contributed by atoms with van der Waals surface area (Å²) in [5.74, 6) is -2.04. The first-order valence-corrected chi connectivity index (χ1v) is 7.90. The summed E-state index contributed by atoms with van der Waals surface area (Å²) in [6, 6.07) is 6.12. The number of amides is 1. The van der Waals surface area contributed by atoms with Gasteiger partial charge < -0.3 is 15.4 Å². The van der Waals surface area contributed by atoms with Crippen molar-refractivity contribution in [1.82, 2.24) is 10.3 Å². The molecule has 1 amide bonds. The van der Waals surface area contributed by atoms with Crippen LogP contribution in [0.4, 0.5) is 0 Å². The second kappa shape index (κ2) is 5.41. The van der Waals surface area contributed by atoms with E-state index in [9.17, 15) is 9.59 Å². The zero-order chi connectivity index (χ0) is 16.8. The third-order valence-electron chi connectivity index (χ3n) is 5.07. The minimum absolute atomic E-state index is 0.154. The van der Waals surface area contributed by atoms with Gasteiger partial charge in [0.05, 0.1) is 11.8 Å². The van der Waals surface area contributed by atoms with Crippen LogP contribution in [0.25, 0.3) is 10.9 Å². The van der Waals surface area contributed by atoms with Crippen molar-refractivity contribution in [2.75, 3.05) is 6.54 Å². The summed E-state index contributed by atoms with van der Waals surface area (Å²) >= 11 is 0. The van der Waals surface area contributed by atoms with Crippen LogP contribution in [0.3, 0.4) is 0 Å². The summed E-state index contributed by atoms with van der Waals surface area (Å²) in [5.41, 5.74) is 3.02. The Morgan fingerprint density at radius 3 is 2.70 bits per heavy atom. The van der Waals surface area contributed by atoms with Crippen molar-refractivity contribution in [2.45, 2.75) is 27.2 Å². The van der Waals surface area contributed by atoms with Gasteiger partial charge in [-0.15, -0.1) is 0 Å². The van der Waals surface area contributed by atoms with E-state index in [1.54, 1.807) is 0 Å². The first-order valence-electron chi connectivity index (χ1n) is 7.90. The number of aryl methyl sites for hydroxylation is 1. The van der Waals surface area contributed by atoms with E-state index >= 15 is 0 Å². The Morgan fingerprint density at radius 2 is 2.04 bits per heavy atom. The Kier molecular flexibility index (Phi) is 3.66. The molecule has 5 nitrogen and oxygen atoms in total. The third-order valence-corrected chi connectivity index (χ3v) is 5.07. The Balaban J connectivity index is 1.62. The second-order valence-electron chi connectivity index (χ2n) is 6.97. The van der Waals surface area contributed by atoms with Crippen LogP contribution in [0.2, 0.25) is 0 Å². The van der Waals surface area contributed by atoms with Crippen molar-refractivity contribution >= 4 is 22.8 Å². The van der Waals surface area contributed by atoms with Gasteiger partial charge >= 0.3 is 5.97 Å². The fraction of sp³-hybridized carbons (Fsp3) is 0.444. The second-order valence-corrected chi connectivity index (χ2v) is 6.97. The zero-order valence-electron chi connectivity index (χ0n) is 13.6. The summed E-state index contributed by atoms with van der Waals surface area (Å²) in [6.07, 6.45) is 2.70. The van der Waals surface area contributed by atoms with Gasteiger partial charge in [0.15, 0.2) is 0 Å². The third kappa shape index (κ3) is 2.60. The molecule has 0 unspecified atom stereocenters. The van der Waals surface area contributed by atoms with Crippen LogP contribution in [-0.4, -0.2) is 28.5 Å². The van der Waals surface area contributed by atoms with E-state index in [4.69, 9.17) is 5.11 Å². The summed E-state index contributed by atoms with van der Waals surface area (Å²) in [6.45, 7) is 6.25. The molecule has 0 bridgehead atoms. The predicted octanol–water partition coefficient (Wildman–Crippen LogP) is 2.49. The minimum Gasteiger partial charge on any atom is -0.481 e. The molecule has 1 heterocycles. The summed E-state index contributed by atoms with van der Waals surface area (Å²) in [7, 11) is 0. The Morgan fingerprint density at radius 1 is 1.30 bits per heavy atom. The van der Waals surface area contributed by atoms with E-state index in [1.807, 2.05) is 32.2 Å². The number of hydrogen-bond acceptors (Lipinski definition) is 2. The molecule has 1 aliphatic carbocycles. The molecule has 23 heavy (non-hydrogen) atoms. The van der Waals surface area contributed by atoms with Crippen LogP contribution in [0.5, 0.6) is 0 Å². The number of carboxylic acids is 1. The maximum atomic E-state index is 12.2. The van der Waals surface area contributed by atoms with Crippen LogP contribution in [0.15, 0.2) is 24.4 Å². The van der Waals surface area contributed by atoms with Gasteiger partial charge in [-0.05, 0) is 36.0 Å². The molecule has 3 N–H and O–H groups in total. The number of carbonyl (C=O) groups is 2. The van der Waals surface area contributed by atoms with Gasteiger partial charge in [0.2, 0.25) is 5.91 Å². The first kappa shape index (κ1) is 15.6. The maximum absolute atomic E-state index is 12.2. The highest BCUT2D eigenvalue weighted by Crippen LogP contribution is 2.58. The number of rotatable bonds is 5. The number of aromatic amines is 1. The van der Waals surface area contributed by atoms with Gasteiger partial charge in [-0.3, -0.25) is 9.59 Å². The number of hydrogen-bond donors (Lipinski definition) is 3. The van der Waals surface area contributed by atoms with Gasteiger partial charge in [0.25, 0.3) is 0 Å². The average Bonchev–Trinajstić information content (AvgIpc) is 2.85. The summed E-state index contributed by atoms with van der Waals surface area (Å²) < 4.78 is 0. The van der Waals surface area contributed by atoms with Crippen molar-refractivity contribution in [3.8, 4) is 0 Å². The van der Waals surface area contributed by atoms with Crippen LogP contribution in [0.1, 0.15) is 25.0 Å². The molecule has 1 fully saturated rings. The number of carboxylic acid groups (broad SMARTS) is 1. The van der Waals surface area contributed by atoms with E-state index in [2.05, 4.69) is 23.3 Å². The largest absolute Gasteiger partial charge is 0.481 e. The van der Waals surface area contributed by atoms with Crippen molar-refractivity contribution in [2.24, 2.45) is 17.3 Å². The van der Waals surface area contributed by atoms with E-state index < -0.39 is 23.2 Å². The van der Waals surface area contributed by atoms with Gasteiger partial charge in [-0.25, -0.2) is 0 Å². The number of fused-ring (bicyclic) bond motifs is 1. The van der Waals surface area contributed by atoms with E-state index in [0.717, 1.165) is 11.9 Å². The smallest absolute Gasteiger partial charge is 0.307 e. The van der Waals surface area contributed by atoms with Gasteiger partial charge in [-0.1, -0.05) is 26.0 Å². The zero-order valence-corrected chi connectivity index (χ0v) is 13.6. The SMILES string of the molecule is Cc1cccc2[nH]cc(CCNC(=O)[C@@H]3[C@H](C(=O)O)C3(C)C)c12. The first-order chi connectivity index (χ1) is 10.8. The molecule has 5 heteroatoms. The standard InChI is InChI=1S/C18H22N2O3/c1-10-5-4-6-12-13(10)11(9-20-12)7-8-19-16(21)14-15(17(22)23)18(14,2)3/h4-6,9,14-15,20H,7-8H2,1-3H3,(H,19,21)(H,22,23)/t14-,15+/m0/s1. The molecule has 1 aromatic carbocycles. The van der Waals surface area contributed by atoms with Crippen molar-refractivity contribution < 1.29 is 14.7 Å². The Hall–Kier alpha value is -2.30.